The molecule has 3 heteroatoms. The van der Waals surface area contributed by atoms with Crippen LogP contribution in [0.25, 0.3) is 0 Å². The van der Waals surface area contributed by atoms with Gasteiger partial charge in [0.1, 0.15) is 5.75 Å². The third kappa shape index (κ3) is 1.96. The van der Waals surface area contributed by atoms with E-state index in [1.165, 1.54) is 6.42 Å². The Balaban J connectivity index is 1.94. The van der Waals surface area contributed by atoms with Crippen molar-refractivity contribution in [1.82, 2.24) is 0 Å². The van der Waals surface area contributed by atoms with Crippen LogP contribution in [0.1, 0.15) is 35.2 Å². The predicted octanol–water partition coefficient (Wildman–Crippen LogP) is 2.56. The van der Waals surface area contributed by atoms with Crippen LogP contribution in [0.2, 0.25) is 0 Å². The molecule has 2 bridgehead atoms. The Kier molecular flexibility index (Phi) is 3.09. The van der Waals surface area contributed by atoms with Crippen molar-refractivity contribution in [2.45, 2.75) is 32.2 Å². The SMILES string of the molecule is COc1ccc(C)cc1C(=O)C1C2CCC(C2)C1N. The lowest BCUT2D eigenvalue weighted by Gasteiger charge is -2.27. The number of ketones is 1. The van der Waals surface area contributed by atoms with Gasteiger partial charge in [-0.25, -0.2) is 0 Å². The maximum absolute atomic E-state index is 12.8. The van der Waals surface area contributed by atoms with Crippen molar-refractivity contribution in [2.75, 3.05) is 7.11 Å². The zero-order chi connectivity index (χ0) is 13.6. The van der Waals surface area contributed by atoms with Crippen molar-refractivity contribution in [3.05, 3.63) is 29.3 Å². The monoisotopic (exact) mass is 259 g/mol. The van der Waals surface area contributed by atoms with E-state index in [-0.39, 0.29) is 17.7 Å². The van der Waals surface area contributed by atoms with Gasteiger partial charge in [-0.1, -0.05) is 11.6 Å². The van der Waals surface area contributed by atoms with Crippen LogP contribution in [-0.2, 0) is 0 Å². The van der Waals surface area contributed by atoms with Crippen LogP contribution in [0.15, 0.2) is 18.2 Å². The molecule has 2 N–H and O–H groups in total. The van der Waals surface area contributed by atoms with E-state index in [9.17, 15) is 4.79 Å². The van der Waals surface area contributed by atoms with Crippen molar-refractivity contribution in [3.8, 4) is 5.75 Å². The molecule has 1 aromatic carbocycles. The number of fused-ring (bicyclic) bond motifs is 2. The molecule has 0 amide bonds. The first-order valence-corrected chi connectivity index (χ1v) is 7.06. The summed E-state index contributed by atoms with van der Waals surface area (Å²) in [7, 11) is 1.61. The Morgan fingerprint density at radius 1 is 1.32 bits per heavy atom. The highest BCUT2D eigenvalue weighted by atomic mass is 16.5. The summed E-state index contributed by atoms with van der Waals surface area (Å²) in [6.07, 6.45) is 3.48. The van der Waals surface area contributed by atoms with Crippen molar-refractivity contribution >= 4 is 5.78 Å². The van der Waals surface area contributed by atoms with E-state index in [4.69, 9.17) is 10.5 Å². The van der Waals surface area contributed by atoms with Gasteiger partial charge in [0.15, 0.2) is 5.78 Å². The van der Waals surface area contributed by atoms with E-state index in [1.54, 1.807) is 7.11 Å². The Hall–Kier alpha value is -1.35. The van der Waals surface area contributed by atoms with Crippen molar-refractivity contribution in [2.24, 2.45) is 23.5 Å². The molecule has 102 valence electrons. The van der Waals surface area contributed by atoms with Crippen molar-refractivity contribution in [3.63, 3.8) is 0 Å². The van der Waals surface area contributed by atoms with Gasteiger partial charge in [-0.2, -0.15) is 0 Å². The first-order chi connectivity index (χ1) is 9.11. The maximum atomic E-state index is 12.8. The summed E-state index contributed by atoms with van der Waals surface area (Å²) >= 11 is 0. The van der Waals surface area contributed by atoms with Gasteiger partial charge in [-0.05, 0) is 50.2 Å². The van der Waals surface area contributed by atoms with Crippen LogP contribution in [0.3, 0.4) is 0 Å². The highest BCUT2D eigenvalue weighted by molar-refractivity contribution is 6.01. The summed E-state index contributed by atoms with van der Waals surface area (Å²) in [6, 6.07) is 5.81. The van der Waals surface area contributed by atoms with Crippen LogP contribution in [0.5, 0.6) is 5.75 Å². The molecule has 1 aromatic rings. The highest BCUT2D eigenvalue weighted by Gasteiger charge is 2.49. The molecule has 2 fully saturated rings. The number of aryl methyl sites for hydroxylation is 1. The lowest BCUT2D eigenvalue weighted by Crippen LogP contribution is -2.40. The highest BCUT2D eigenvalue weighted by Crippen LogP contribution is 2.49. The molecule has 0 aromatic heterocycles. The molecule has 4 unspecified atom stereocenters. The van der Waals surface area contributed by atoms with Crippen LogP contribution in [-0.4, -0.2) is 18.9 Å². The minimum absolute atomic E-state index is 0.00514. The number of benzene rings is 1. The Bertz CT molecular complexity index is 509. The second-order valence-corrected chi connectivity index (χ2v) is 6.00. The largest absolute Gasteiger partial charge is 0.496 e. The standard InChI is InChI=1S/C16H21NO2/c1-9-3-6-13(19-2)12(7-9)16(18)14-10-4-5-11(8-10)15(14)17/h3,6-7,10-11,14-15H,4-5,8,17H2,1-2H3. The molecule has 3 nitrogen and oxygen atoms in total. The van der Waals surface area contributed by atoms with E-state index < -0.39 is 0 Å². The Labute approximate surface area is 114 Å². The normalized spacial score (nSPS) is 32.6. The average molecular weight is 259 g/mol. The number of hydrogen-bond donors (Lipinski definition) is 1. The number of nitrogens with two attached hydrogens (primary N) is 1. The quantitative estimate of drug-likeness (QED) is 0.849. The average Bonchev–Trinajstić information content (AvgIpc) is 2.98. The molecule has 0 spiro atoms. The number of hydrogen-bond acceptors (Lipinski definition) is 3. The maximum Gasteiger partial charge on any atom is 0.171 e. The Morgan fingerprint density at radius 2 is 2.05 bits per heavy atom. The summed E-state index contributed by atoms with van der Waals surface area (Å²) in [5, 5.41) is 0. The summed E-state index contributed by atoms with van der Waals surface area (Å²) in [5.41, 5.74) is 8.06. The first-order valence-electron chi connectivity index (χ1n) is 7.06. The molecular formula is C16H21NO2. The molecule has 3 rings (SSSR count). The van der Waals surface area contributed by atoms with Crippen LogP contribution in [0, 0.1) is 24.7 Å². The summed E-state index contributed by atoms with van der Waals surface area (Å²) in [5.74, 6) is 1.88. The summed E-state index contributed by atoms with van der Waals surface area (Å²) < 4.78 is 5.33. The lowest BCUT2D eigenvalue weighted by atomic mass is 9.80. The topological polar surface area (TPSA) is 52.3 Å². The van der Waals surface area contributed by atoms with Gasteiger partial charge in [0.05, 0.1) is 12.7 Å². The number of carbonyl (C=O) groups is 1. The molecule has 0 saturated heterocycles. The Morgan fingerprint density at radius 3 is 2.68 bits per heavy atom. The molecular weight excluding hydrogens is 238 g/mol. The van der Waals surface area contributed by atoms with Crippen LogP contribution < -0.4 is 10.5 Å². The van der Waals surface area contributed by atoms with Gasteiger partial charge in [0.2, 0.25) is 0 Å². The van der Waals surface area contributed by atoms with Gasteiger partial charge in [-0.15, -0.1) is 0 Å². The zero-order valence-corrected chi connectivity index (χ0v) is 11.6. The van der Waals surface area contributed by atoms with E-state index in [0.717, 1.165) is 18.4 Å². The molecule has 4 atom stereocenters. The second kappa shape index (κ2) is 4.64. The second-order valence-electron chi connectivity index (χ2n) is 6.00. The number of carbonyl (C=O) groups excluding carboxylic acids is 1. The number of Topliss-reactive ketones (excluding diaryl/α,β-unsaturated/α-hetero) is 1. The number of rotatable bonds is 3. The molecule has 2 aliphatic rings. The molecule has 0 aliphatic heterocycles. The first kappa shape index (κ1) is 12.7. The molecule has 19 heavy (non-hydrogen) atoms. The van der Waals surface area contributed by atoms with Gasteiger partial charge in [0, 0.05) is 12.0 Å². The fourth-order valence-corrected chi connectivity index (χ4v) is 3.92. The van der Waals surface area contributed by atoms with Gasteiger partial charge in [0.25, 0.3) is 0 Å². The number of methoxy groups -OCH3 is 1. The molecule has 0 heterocycles. The van der Waals surface area contributed by atoms with Gasteiger partial charge in [-0.3, -0.25) is 4.79 Å². The van der Waals surface area contributed by atoms with E-state index in [2.05, 4.69) is 0 Å². The fourth-order valence-electron chi connectivity index (χ4n) is 3.92. The third-order valence-corrected chi connectivity index (χ3v) is 4.90. The van der Waals surface area contributed by atoms with E-state index in [1.807, 2.05) is 25.1 Å². The minimum atomic E-state index is -0.00514. The van der Waals surface area contributed by atoms with Gasteiger partial charge >= 0.3 is 0 Å². The van der Waals surface area contributed by atoms with E-state index >= 15 is 0 Å². The fraction of sp³-hybridized carbons (Fsp3) is 0.562. The number of ether oxygens (including phenoxy) is 1. The predicted molar refractivity (Wildman–Crippen MR) is 74.4 cm³/mol. The smallest absolute Gasteiger partial charge is 0.171 e. The van der Waals surface area contributed by atoms with Gasteiger partial charge < -0.3 is 10.5 Å². The minimum Gasteiger partial charge on any atom is -0.496 e. The zero-order valence-electron chi connectivity index (χ0n) is 11.6. The summed E-state index contributed by atoms with van der Waals surface area (Å²) in [4.78, 5) is 12.8. The lowest BCUT2D eigenvalue weighted by molar-refractivity contribution is 0.0853. The molecule has 2 saturated carbocycles. The summed E-state index contributed by atoms with van der Waals surface area (Å²) in [6.45, 7) is 2.00. The van der Waals surface area contributed by atoms with Crippen molar-refractivity contribution < 1.29 is 9.53 Å². The third-order valence-electron chi connectivity index (χ3n) is 4.90. The molecule has 2 aliphatic carbocycles. The van der Waals surface area contributed by atoms with Crippen LogP contribution >= 0.6 is 0 Å². The van der Waals surface area contributed by atoms with Crippen LogP contribution in [0.4, 0.5) is 0 Å². The molecule has 0 radical (unpaired) electrons. The van der Waals surface area contributed by atoms with E-state index in [0.29, 0.717) is 23.1 Å². The van der Waals surface area contributed by atoms with Crippen molar-refractivity contribution in [1.29, 1.82) is 0 Å².